The number of ether oxygens (including phenoxy) is 1. The van der Waals surface area contributed by atoms with E-state index >= 15 is 0 Å². The van der Waals surface area contributed by atoms with E-state index < -0.39 is 0 Å². The van der Waals surface area contributed by atoms with E-state index in [1.165, 1.54) is 5.56 Å². The van der Waals surface area contributed by atoms with Crippen LogP contribution in [0.4, 0.5) is 5.69 Å². The van der Waals surface area contributed by atoms with Crippen LogP contribution in [0, 0.1) is 13.8 Å². The standard InChI is InChI=1S/C24H29N3O2/c1-17-15-23(18(2)27(17)21-7-6-8-22(16-21)29-5)24(28)25-20-11-9-19(10-12-20)13-14-26(3)4/h6-12,15-16H,13-14H2,1-5H3,(H,25,28). The van der Waals surface area contributed by atoms with Crippen molar-refractivity contribution in [3.8, 4) is 11.4 Å². The van der Waals surface area contributed by atoms with E-state index in [0.717, 1.165) is 41.5 Å². The molecule has 1 N–H and O–H groups in total. The van der Waals surface area contributed by atoms with E-state index in [1.807, 2.05) is 56.3 Å². The number of nitrogens with zero attached hydrogens (tertiary/aromatic N) is 2. The molecular formula is C24H29N3O2. The first-order chi connectivity index (χ1) is 13.9. The summed E-state index contributed by atoms with van der Waals surface area (Å²) in [6.07, 6.45) is 0.989. The van der Waals surface area contributed by atoms with Gasteiger partial charge in [-0.15, -0.1) is 0 Å². The Morgan fingerprint density at radius 3 is 2.45 bits per heavy atom. The van der Waals surface area contributed by atoms with Crippen molar-refractivity contribution in [1.29, 1.82) is 0 Å². The van der Waals surface area contributed by atoms with Gasteiger partial charge in [0.25, 0.3) is 5.91 Å². The maximum atomic E-state index is 12.9. The number of anilines is 1. The Kier molecular flexibility index (Phi) is 6.39. The number of aromatic nitrogens is 1. The molecule has 1 aromatic heterocycles. The number of aryl methyl sites for hydroxylation is 1. The molecule has 0 spiro atoms. The molecule has 0 saturated carbocycles. The molecule has 0 saturated heterocycles. The number of hydrogen-bond donors (Lipinski definition) is 1. The lowest BCUT2D eigenvalue weighted by atomic mass is 10.1. The molecule has 0 fully saturated rings. The van der Waals surface area contributed by atoms with Crippen molar-refractivity contribution >= 4 is 11.6 Å². The van der Waals surface area contributed by atoms with Gasteiger partial charge in [0.15, 0.2) is 0 Å². The molecule has 0 aliphatic rings. The summed E-state index contributed by atoms with van der Waals surface area (Å²) in [6, 6.07) is 17.8. The van der Waals surface area contributed by atoms with Crippen LogP contribution < -0.4 is 10.1 Å². The number of amides is 1. The number of benzene rings is 2. The van der Waals surface area contributed by atoms with Gasteiger partial charge in [0.05, 0.1) is 12.7 Å². The van der Waals surface area contributed by atoms with Crippen LogP contribution in [-0.4, -0.2) is 43.1 Å². The van der Waals surface area contributed by atoms with Crippen molar-refractivity contribution in [3.63, 3.8) is 0 Å². The van der Waals surface area contributed by atoms with E-state index in [2.05, 4.69) is 41.0 Å². The first kappa shape index (κ1) is 20.7. The number of methoxy groups -OCH3 is 1. The highest BCUT2D eigenvalue weighted by Crippen LogP contribution is 2.24. The lowest BCUT2D eigenvalue weighted by Gasteiger charge is -2.12. The molecule has 152 valence electrons. The number of carbonyl (C=O) groups is 1. The zero-order valence-electron chi connectivity index (χ0n) is 17.8. The third-order valence-electron chi connectivity index (χ3n) is 5.05. The van der Waals surface area contributed by atoms with Gasteiger partial charge in [-0.1, -0.05) is 18.2 Å². The molecule has 0 atom stereocenters. The van der Waals surface area contributed by atoms with E-state index in [1.54, 1.807) is 7.11 Å². The Hall–Kier alpha value is -3.05. The first-order valence-corrected chi connectivity index (χ1v) is 9.77. The van der Waals surface area contributed by atoms with Crippen LogP contribution >= 0.6 is 0 Å². The monoisotopic (exact) mass is 391 g/mol. The zero-order valence-corrected chi connectivity index (χ0v) is 17.8. The minimum Gasteiger partial charge on any atom is -0.497 e. The van der Waals surface area contributed by atoms with Crippen LogP contribution in [0.3, 0.4) is 0 Å². The normalized spacial score (nSPS) is 11.0. The molecule has 0 aliphatic heterocycles. The average Bonchev–Trinajstić information content (AvgIpc) is 3.01. The van der Waals surface area contributed by atoms with Crippen LogP contribution in [-0.2, 0) is 6.42 Å². The zero-order chi connectivity index (χ0) is 21.0. The molecule has 3 aromatic rings. The van der Waals surface area contributed by atoms with Gasteiger partial charge in [-0.25, -0.2) is 0 Å². The first-order valence-electron chi connectivity index (χ1n) is 9.77. The SMILES string of the molecule is COc1cccc(-n2c(C)cc(C(=O)Nc3ccc(CCN(C)C)cc3)c2C)c1. The van der Waals surface area contributed by atoms with Crippen molar-refractivity contribution in [2.75, 3.05) is 33.1 Å². The average molecular weight is 392 g/mol. The van der Waals surface area contributed by atoms with E-state index in [4.69, 9.17) is 4.74 Å². The maximum absolute atomic E-state index is 12.9. The van der Waals surface area contributed by atoms with E-state index in [0.29, 0.717) is 5.56 Å². The molecule has 29 heavy (non-hydrogen) atoms. The summed E-state index contributed by atoms with van der Waals surface area (Å²) in [5.74, 6) is 0.684. The summed E-state index contributed by atoms with van der Waals surface area (Å²) in [5, 5.41) is 3.02. The number of nitrogens with one attached hydrogen (secondary N) is 1. The lowest BCUT2D eigenvalue weighted by molar-refractivity contribution is 0.102. The fraction of sp³-hybridized carbons (Fsp3) is 0.292. The summed E-state index contributed by atoms with van der Waals surface area (Å²) in [7, 11) is 5.78. The number of likely N-dealkylation sites (N-methyl/N-ethyl adjacent to an activating group) is 1. The van der Waals surface area contributed by atoms with Gasteiger partial charge >= 0.3 is 0 Å². The van der Waals surface area contributed by atoms with Gasteiger partial charge in [-0.05, 0) is 70.3 Å². The van der Waals surface area contributed by atoms with Crippen molar-refractivity contribution < 1.29 is 9.53 Å². The number of hydrogen-bond acceptors (Lipinski definition) is 3. The smallest absolute Gasteiger partial charge is 0.257 e. The van der Waals surface area contributed by atoms with E-state index in [-0.39, 0.29) is 5.91 Å². The van der Waals surface area contributed by atoms with Crippen LogP contribution in [0.15, 0.2) is 54.6 Å². The van der Waals surface area contributed by atoms with Gasteiger partial charge in [0.1, 0.15) is 5.75 Å². The number of carbonyl (C=O) groups excluding carboxylic acids is 1. The van der Waals surface area contributed by atoms with Gasteiger partial charge in [-0.3, -0.25) is 4.79 Å². The molecule has 0 aliphatic carbocycles. The second-order valence-corrected chi connectivity index (χ2v) is 7.53. The summed E-state index contributed by atoms with van der Waals surface area (Å²) < 4.78 is 7.41. The second-order valence-electron chi connectivity index (χ2n) is 7.53. The van der Waals surface area contributed by atoms with Crippen LogP contribution in [0.2, 0.25) is 0 Å². The Bertz CT molecular complexity index is 988. The summed E-state index contributed by atoms with van der Waals surface area (Å²) in [5.41, 5.74) is 5.60. The van der Waals surface area contributed by atoms with Crippen molar-refractivity contribution in [3.05, 3.63) is 77.1 Å². The fourth-order valence-corrected chi connectivity index (χ4v) is 3.45. The topological polar surface area (TPSA) is 46.5 Å². The Morgan fingerprint density at radius 2 is 1.79 bits per heavy atom. The van der Waals surface area contributed by atoms with E-state index in [9.17, 15) is 4.79 Å². The molecule has 0 bridgehead atoms. The highest BCUT2D eigenvalue weighted by Gasteiger charge is 2.17. The molecular weight excluding hydrogens is 362 g/mol. The van der Waals surface area contributed by atoms with Crippen molar-refractivity contribution in [2.24, 2.45) is 0 Å². The summed E-state index contributed by atoms with van der Waals surface area (Å²) in [6.45, 7) is 4.97. The predicted molar refractivity (Wildman–Crippen MR) is 118 cm³/mol. The van der Waals surface area contributed by atoms with Crippen LogP contribution in [0.5, 0.6) is 5.75 Å². The Labute approximate surface area is 172 Å². The van der Waals surface area contributed by atoms with Gasteiger partial charge in [0.2, 0.25) is 0 Å². The maximum Gasteiger partial charge on any atom is 0.257 e. The Balaban J connectivity index is 1.78. The molecule has 0 unspecified atom stereocenters. The third kappa shape index (κ3) is 4.87. The van der Waals surface area contributed by atoms with Gasteiger partial charge in [-0.2, -0.15) is 0 Å². The number of rotatable bonds is 7. The highest BCUT2D eigenvalue weighted by atomic mass is 16.5. The van der Waals surface area contributed by atoms with Crippen molar-refractivity contribution in [2.45, 2.75) is 20.3 Å². The molecule has 1 heterocycles. The minimum absolute atomic E-state index is 0.103. The molecule has 3 rings (SSSR count). The Morgan fingerprint density at radius 1 is 1.07 bits per heavy atom. The largest absolute Gasteiger partial charge is 0.497 e. The summed E-state index contributed by atoms with van der Waals surface area (Å²) in [4.78, 5) is 15.1. The third-order valence-corrected chi connectivity index (χ3v) is 5.05. The molecule has 5 heteroatoms. The second kappa shape index (κ2) is 8.97. The predicted octanol–water partition coefficient (Wildman–Crippen LogP) is 4.46. The van der Waals surface area contributed by atoms with Gasteiger partial charge < -0.3 is 19.5 Å². The molecule has 2 aromatic carbocycles. The highest BCUT2D eigenvalue weighted by molar-refractivity contribution is 6.05. The minimum atomic E-state index is -0.103. The molecule has 5 nitrogen and oxygen atoms in total. The quantitative estimate of drug-likeness (QED) is 0.647. The molecule has 0 radical (unpaired) electrons. The van der Waals surface area contributed by atoms with Gasteiger partial charge in [0, 0.05) is 35.4 Å². The fourth-order valence-electron chi connectivity index (χ4n) is 3.45. The summed E-state index contributed by atoms with van der Waals surface area (Å²) >= 11 is 0. The van der Waals surface area contributed by atoms with Crippen LogP contribution in [0.1, 0.15) is 27.3 Å². The molecule has 1 amide bonds. The van der Waals surface area contributed by atoms with Crippen molar-refractivity contribution in [1.82, 2.24) is 9.47 Å². The lowest BCUT2D eigenvalue weighted by Crippen LogP contribution is -2.15. The van der Waals surface area contributed by atoms with Crippen LogP contribution in [0.25, 0.3) is 5.69 Å².